The standard InChI is InChI=1S/C9H15NO2/c1-3-5-10-6-4-8(7(10)2)9(11)12/h3,7-8H,1,4-6H2,2H3,(H,11,12). The Morgan fingerprint density at radius 3 is 2.92 bits per heavy atom. The summed E-state index contributed by atoms with van der Waals surface area (Å²) in [5, 5.41) is 8.82. The SMILES string of the molecule is C=CCN1CCC(C(=O)O)C1C. The summed E-state index contributed by atoms with van der Waals surface area (Å²) in [5.74, 6) is -0.862. The van der Waals surface area contributed by atoms with Gasteiger partial charge in [-0.15, -0.1) is 6.58 Å². The lowest BCUT2D eigenvalue weighted by Crippen LogP contribution is -2.32. The molecule has 1 saturated heterocycles. The number of aliphatic carboxylic acids is 1. The van der Waals surface area contributed by atoms with Crippen LogP contribution in [0.3, 0.4) is 0 Å². The van der Waals surface area contributed by atoms with E-state index in [-0.39, 0.29) is 12.0 Å². The molecule has 1 aliphatic heterocycles. The zero-order valence-corrected chi connectivity index (χ0v) is 7.36. The van der Waals surface area contributed by atoms with Crippen molar-refractivity contribution < 1.29 is 9.90 Å². The molecule has 1 rings (SSSR count). The van der Waals surface area contributed by atoms with Crippen molar-refractivity contribution in [2.75, 3.05) is 13.1 Å². The largest absolute Gasteiger partial charge is 0.481 e. The summed E-state index contributed by atoms with van der Waals surface area (Å²) in [7, 11) is 0. The molecule has 68 valence electrons. The van der Waals surface area contributed by atoms with Crippen molar-refractivity contribution in [3.8, 4) is 0 Å². The van der Waals surface area contributed by atoms with E-state index in [1.807, 2.05) is 13.0 Å². The maximum atomic E-state index is 10.7. The number of hydrogen-bond donors (Lipinski definition) is 1. The van der Waals surface area contributed by atoms with Gasteiger partial charge in [0.15, 0.2) is 0 Å². The van der Waals surface area contributed by atoms with E-state index >= 15 is 0 Å². The van der Waals surface area contributed by atoms with Crippen molar-refractivity contribution in [3.05, 3.63) is 12.7 Å². The Hall–Kier alpha value is -0.830. The van der Waals surface area contributed by atoms with Crippen LogP contribution in [0.2, 0.25) is 0 Å². The second-order valence-electron chi connectivity index (χ2n) is 3.26. The number of carboxylic acids is 1. The van der Waals surface area contributed by atoms with Crippen LogP contribution in [0, 0.1) is 5.92 Å². The van der Waals surface area contributed by atoms with Crippen LogP contribution in [0.25, 0.3) is 0 Å². The molecule has 0 bridgehead atoms. The van der Waals surface area contributed by atoms with E-state index in [0.29, 0.717) is 0 Å². The Balaban J connectivity index is 2.54. The van der Waals surface area contributed by atoms with E-state index < -0.39 is 5.97 Å². The number of rotatable bonds is 3. The van der Waals surface area contributed by atoms with Gasteiger partial charge in [0, 0.05) is 12.6 Å². The van der Waals surface area contributed by atoms with Crippen molar-refractivity contribution in [1.82, 2.24) is 4.90 Å². The lowest BCUT2D eigenvalue weighted by Gasteiger charge is -2.20. The Bertz CT molecular complexity index is 191. The molecule has 0 aromatic rings. The van der Waals surface area contributed by atoms with Crippen molar-refractivity contribution in [1.29, 1.82) is 0 Å². The highest BCUT2D eigenvalue weighted by Gasteiger charge is 2.34. The summed E-state index contributed by atoms with van der Waals surface area (Å²) in [6, 6.07) is 0.153. The third-order valence-electron chi connectivity index (χ3n) is 2.57. The predicted octanol–water partition coefficient (Wildman–Crippen LogP) is 0.967. The highest BCUT2D eigenvalue weighted by molar-refractivity contribution is 5.71. The lowest BCUT2D eigenvalue weighted by atomic mass is 10.0. The first-order valence-corrected chi connectivity index (χ1v) is 4.24. The van der Waals surface area contributed by atoms with Crippen LogP contribution < -0.4 is 0 Å². The molecule has 0 radical (unpaired) electrons. The Morgan fingerprint density at radius 1 is 1.83 bits per heavy atom. The summed E-state index contributed by atoms with van der Waals surface area (Å²) in [4.78, 5) is 12.9. The molecule has 2 unspecified atom stereocenters. The molecular formula is C9H15NO2. The van der Waals surface area contributed by atoms with Crippen LogP contribution in [0.5, 0.6) is 0 Å². The molecule has 0 amide bonds. The van der Waals surface area contributed by atoms with Gasteiger partial charge in [0.25, 0.3) is 0 Å². The summed E-state index contributed by atoms with van der Waals surface area (Å²) >= 11 is 0. The minimum atomic E-state index is -0.672. The molecule has 0 aromatic heterocycles. The maximum Gasteiger partial charge on any atom is 0.308 e. The van der Waals surface area contributed by atoms with Gasteiger partial charge in [-0.25, -0.2) is 0 Å². The van der Waals surface area contributed by atoms with Crippen LogP contribution in [0.15, 0.2) is 12.7 Å². The van der Waals surface area contributed by atoms with Crippen molar-refractivity contribution >= 4 is 5.97 Å². The smallest absolute Gasteiger partial charge is 0.308 e. The van der Waals surface area contributed by atoms with E-state index in [9.17, 15) is 4.79 Å². The van der Waals surface area contributed by atoms with Crippen LogP contribution in [-0.2, 0) is 4.79 Å². The maximum absolute atomic E-state index is 10.7. The average molecular weight is 169 g/mol. The van der Waals surface area contributed by atoms with E-state index in [1.165, 1.54) is 0 Å². The van der Waals surface area contributed by atoms with Crippen LogP contribution in [0.4, 0.5) is 0 Å². The first-order valence-electron chi connectivity index (χ1n) is 4.24. The molecule has 1 heterocycles. The Kier molecular flexibility index (Phi) is 2.87. The molecule has 3 heteroatoms. The van der Waals surface area contributed by atoms with Gasteiger partial charge >= 0.3 is 5.97 Å². The van der Waals surface area contributed by atoms with Gasteiger partial charge in [0.2, 0.25) is 0 Å². The fourth-order valence-corrected chi connectivity index (χ4v) is 1.76. The van der Waals surface area contributed by atoms with E-state index in [0.717, 1.165) is 19.5 Å². The van der Waals surface area contributed by atoms with Gasteiger partial charge in [0.05, 0.1) is 5.92 Å². The van der Waals surface area contributed by atoms with Gasteiger partial charge < -0.3 is 5.11 Å². The van der Waals surface area contributed by atoms with Crippen LogP contribution in [-0.4, -0.2) is 35.1 Å². The normalized spacial score (nSPS) is 30.4. The predicted molar refractivity (Wildman–Crippen MR) is 47.0 cm³/mol. The van der Waals surface area contributed by atoms with Gasteiger partial charge in [0.1, 0.15) is 0 Å². The van der Waals surface area contributed by atoms with Crippen LogP contribution >= 0.6 is 0 Å². The summed E-state index contributed by atoms with van der Waals surface area (Å²) in [5.41, 5.74) is 0. The summed E-state index contributed by atoms with van der Waals surface area (Å²) in [6.45, 7) is 7.28. The topological polar surface area (TPSA) is 40.5 Å². The molecule has 0 spiro atoms. The highest BCUT2D eigenvalue weighted by atomic mass is 16.4. The number of nitrogens with zero attached hydrogens (tertiary/aromatic N) is 1. The molecule has 2 atom stereocenters. The van der Waals surface area contributed by atoms with E-state index in [2.05, 4.69) is 11.5 Å². The Labute approximate surface area is 72.7 Å². The number of likely N-dealkylation sites (tertiary alicyclic amines) is 1. The van der Waals surface area contributed by atoms with Crippen molar-refractivity contribution in [2.45, 2.75) is 19.4 Å². The van der Waals surface area contributed by atoms with Crippen molar-refractivity contribution in [3.63, 3.8) is 0 Å². The minimum absolute atomic E-state index is 0.153. The molecule has 0 aromatic carbocycles. The van der Waals surface area contributed by atoms with E-state index in [1.54, 1.807) is 0 Å². The number of hydrogen-bond acceptors (Lipinski definition) is 2. The summed E-state index contributed by atoms with van der Waals surface area (Å²) in [6.07, 6.45) is 2.59. The van der Waals surface area contributed by atoms with Gasteiger partial charge in [-0.3, -0.25) is 9.69 Å². The molecule has 1 aliphatic rings. The third-order valence-corrected chi connectivity index (χ3v) is 2.57. The molecular weight excluding hydrogens is 154 g/mol. The molecule has 1 N–H and O–H groups in total. The first-order chi connectivity index (χ1) is 5.66. The lowest BCUT2D eigenvalue weighted by molar-refractivity contribution is -0.142. The second kappa shape index (κ2) is 3.72. The fourth-order valence-electron chi connectivity index (χ4n) is 1.76. The van der Waals surface area contributed by atoms with Crippen molar-refractivity contribution in [2.24, 2.45) is 5.92 Å². The monoisotopic (exact) mass is 169 g/mol. The minimum Gasteiger partial charge on any atom is -0.481 e. The molecule has 1 fully saturated rings. The average Bonchev–Trinajstić information content (AvgIpc) is 2.34. The molecule has 0 saturated carbocycles. The van der Waals surface area contributed by atoms with E-state index in [4.69, 9.17) is 5.11 Å². The van der Waals surface area contributed by atoms with Crippen LogP contribution in [0.1, 0.15) is 13.3 Å². The number of carbonyl (C=O) groups is 1. The Morgan fingerprint density at radius 2 is 2.50 bits per heavy atom. The van der Waals surface area contributed by atoms with Gasteiger partial charge in [-0.1, -0.05) is 6.08 Å². The summed E-state index contributed by atoms with van der Waals surface area (Å²) < 4.78 is 0. The quantitative estimate of drug-likeness (QED) is 0.640. The van der Waals surface area contributed by atoms with Gasteiger partial charge in [-0.05, 0) is 19.9 Å². The molecule has 3 nitrogen and oxygen atoms in total. The fraction of sp³-hybridized carbons (Fsp3) is 0.667. The highest BCUT2D eigenvalue weighted by Crippen LogP contribution is 2.23. The second-order valence-corrected chi connectivity index (χ2v) is 3.26. The number of carboxylic acid groups (broad SMARTS) is 1. The third kappa shape index (κ3) is 1.67. The molecule has 12 heavy (non-hydrogen) atoms. The van der Waals surface area contributed by atoms with Gasteiger partial charge in [-0.2, -0.15) is 0 Å². The zero-order valence-electron chi connectivity index (χ0n) is 7.36. The first kappa shape index (κ1) is 9.26. The molecule has 0 aliphatic carbocycles. The zero-order chi connectivity index (χ0) is 9.14.